The van der Waals surface area contributed by atoms with E-state index in [-0.39, 0.29) is 12.2 Å². The first-order chi connectivity index (χ1) is 7.74. The van der Waals surface area contributed by atoms with Gasteiger partial charge in [-0.25, -0.2) is 0 Å². The van der Waals surface area contributed by atoms with Gasteiger partial charge in [-0.2, -0.15) is 0 Å². The Morgan fingerprint density at radius 2 is 1.56 bits per heavy atom. The number of anilines is 2. The van der Waals surface area contributed by atoms with E-state index in [2.05, 4.69) is 4.90 Å². The van der Waals surface area contributed by atoms with Crippen molar-refractivity contribution in [2.75, 3.05) is 37.9 Å². The Balaban J connectivity index is 2.09. The Hall–Kier alpha value is -1.26. The Kier molecular flexibility index (Phi) is 3.31. The highest BCUT2D eigenvalue weighted by atomic mass is 16.5. The fraction of sp³-hybridized carbons (Fsp3) is 0.500. The van der Waals surface area contributed by atoms with Crippen LogP contribution in [0.5, 0.6) is 0 Å². The molecule has 4 nitrogen and oxygen atoms in total. The lowest BCUT2D eigenvalue weighted by Gasteiger charge is -2.17. The highest BCUT2D eigenvalue weighted by molar-refractivity contribution is 5.54. The van der Waals surface area contributed by atoms with Gasteiger partial charge < -0.3 is 20.1 Å². The average Bonchev–Trinajstić information content (AvgIpc) is 2.73. The third kappa shape index (κ3) is 2.13. The molecule has 1 aliphatic rings. The molecule has 88 valence electrons. The molecule has 0 spiro atoms. The quantitative estimate of drug-likeness (QED) is 0.778. The number of nitrogen functional groups attached to an aromatic ring is 1. The predicted molar refractivity (Wildman–Crippen MR) is 64.7 cm³/mol. The van der Waals surface area contributed by atoms with Crippen LogP contribution in [-0.2, 0) is 9.47 Å². The van der Waals surface area contributed by atoms with Crippen molar-refractivity contribution >= 4 is 11.4 Å². The molecule has 1 aliphatic heterocycles. The van der Waals surface area contributed by atoms with Crippen molar-refractivity contribution in [3.05, 3.63) is 24.3 Å². The third-order valence-electron chi connectivity index (χ3n) is 3.08. The smallest absolute Gasteiger partial charge is 0.102 e. The first-order valence-electron chi connectivity index (χ1n) is 5.40. The molecule has 0 radical (unpaired) electrons. The average molecular weight is 222 g/mol. The van der Waals surface area contributed by atoms with E-state index in [0.29, 0.717) is 0 Å². The fourth-order valence-electron chi connectivity index (χ4n) is 2.09. The van der Waals surface area contributed by atoms with Crippen molar-refractivity contribution in [1.82, 2.24) is 0 Å². The SMILES string of the molecule is CO[C@H]1CN(c2ccc(N)cc2)C[C@@H]1OC. The second-order valence-electron chi connectivity index (χ2n) is 4.04. The lowest BCUT2D eigenvalue weighted by Crippen LogP contribution is -2.27. The molecule has 0 unspecified atom stereocenters. The largest absolute Gasteiger partial charge is 0.399 e. The van der Waals surface area contributed by atoms with Gasteiger partial charge in [-0.1, -0.05) is 0 Å². The molecule has 1 heterocycles. The molecule has 1 fully saturated rings. The van der Waals surface area contributed by atoms with Crippen LogP contribution in [0.1, 0.15) is 0 Å². The first-order valence-corrected chi connectivity index (χ1v) is 5.40. The number of benzene rings is 1. The second-order valence-corrected chi connectivity index (χ2v) is 4.04. The van der Waals surface area contributed by atoms with Crippen LogP contribution in [0.15, 0.2) is 24.3 Å². The number of ether oxygens (including phenoxy) is 2. The van der Waals surface area contributed by atoms with Crippen LogP contribution in [0.25, 0.3) is 0 Å². The summed E-state index contributed by atoms with van der Waals surface area (Å²) >= 11 is 0. The van der Waals surface area contributed by atoms with E-state index in [1.165, 1.54) is 0 Å². The van der Waals surface area contributed by atoms with E-state index >= 15 is 0 Å². The lowest BCUT2D eigenvalue weighted by molar-refractivity contribution is -0.00461. The Morgan fingerprint density at radius 3 is 2.00 bits per heavy atom. The number of nitrogens with zero attached hydrogens (tertiary/aromatic N) is 1. The van der Waals surface area contributed by atoms with Crippen molar-refractivity contribution in [3.63, 3.8) is 0 Å². The molecule has 0 saturated carbocycles. The molecule has 1 saturated heterocycles. The van der Waals surface area contributed by atoms with Crippen molar-refractivity contribution in [3.8, 4) is 0 Å². The topological polar surface area (TPSA) is 47.7 Å². The zero-order valence-corrected chi connectivity index (χ0v) is 9.72. The van der Waals surface area contributed by atoms with Gasteiger partial charge in [0.15, 0.2) is 0 Å². The zero-order chi connectivity index (χ0) is 11.5. The molecule has 0 amide bonds. The summed E-state index contributed by atoms with van der Waals surface area (Å²) < 4.78 is 10.8. The van der Waals surface area contributed by atoms with Gasteiger partial charge in [-0.05, 0) is 24.3 Å². The van der Waals surface area contributed by atoms with Crippen molar-refractivity contribution < 1.29 is 9.47 Å². The van der Waals surface area contributed by atoms with E-state index in [0.717, 1.165) is 24.5 Å². The summed E-state index contributed by atoms with van der Waals surface area (Å²) in [7, 11) is 3.45. The normalized spacial score (nSPS) is 25.0. The Labute approximate surface area is 95.9 Å². The van der Waals surface area contributed by atoms with Gasteiger partial charge in [0.1, 0.15) is 12.2 Å². The predicted octanol–water partition coefficient (Wildman–Crippen LogP) is 1.12. The second kappa shape index (κ2) is 4.72. The monoisotopic (exact) mass is 222 g/mol. The summed E-state index contributed by atoms with van der Waals surface area (Å²) in [6, 6.07) is 7.88. The van der Waals surface area contributed by atoms with Gasteiger partial charge >= 0.3 is 0 Å². The van der Waals surface area contributed by atoms with Gasteiger partial charge in [0, 0.05) is 38.7 Å². The maximum atomic E-state index is 5.66. The van der Waals surface area contributed by atoms with Gasteiger partial charge in [0.05, 0.1) is 0 Å². The van der Waals surface area contributed by atoms with E-state index in [4.69, 9.17) is 15.2 Å². The minimum absolute atomic E-state index is 0.141. The van der Waals surface area contributed by atoms with Crippen LogP contribution >= 0.6 is 0 Å². The Morgan fingerprint density at radius 1 is 1.06 bits per heavy atom. The van der Waals surface area contributed by atoms with E-state index in [1.54, 1.807) is 14.2 Å². The number of rotatable bonds is 3. The lowest BCUT2D eigenvalue weighted by atomic mass is 10.2. The zero-order valence-electron chi connectivity index (χ0n) is 9.72. The summed E-state index contributed by atoms with van der Waals surface area (Å²) in [5.41, 5.74) is 7.61. The number of nitrogens with two attached hydrogens (primary N) is 1. The molecule has 0 bridgehead atoms. The summed E-state index contributed by atoms with van der Waals surface area (Å²) in [6.45, 7) is 1.72. The van der Waals surface area contributed by atoms with Crippen molar-refractivity contribution in [1.29, 1.82) is 0 Å². The standard InChI is InChI=1S/C12H18N2O2/c1-15-11-7-14(8-12(11)16-2)10-5-3-9(13)4-6-10/h3-6,11-12H,7-8,13H2,1-2H3/t11-,12-/m0/s1. The molecular formula is C12H18N2O2. The van der Waals surface area contributed by atoms with Gasteiger partial charge in [0.2, 0.25) is 0 Å². The highest BCUT2D eigenvalue weighted by Crippen LogP contribution is 2.24. The molecule has 4 heteroatoms. The van der Waals surface area contributed by atoms with Crippen LogP contribution in [0.4, 0.5) is 11.4 Å². The summed E-state index contributed by atoms with van der Waals surface area (Å²) in [5.74, 6) is 0. The van der Waals surface area contributed by atoms with Crippen LogP contribution < -0.4 is 10.6 Å². The molecular weight excluding hydrogens is 204 g/mol. The number of hydrogen-bond donors (Lipinski definition) is 1. The molecule has 0 aromatic heterocycles. The first kappa shape index (κ1) is 11.2. The molecule has 16 heavy (non-hydrogen) atoms. The molecule has 1 aromatic carbocycles. The summed E-state index contributed by atoms with van der Waals surface area (Å²) in [4.78, 5) is 2.25. The van der Waals surface area contributed by atoms with Gasteiger partial charge in [-0.15, -0.1) is 0 Å². The third-order valence-corrected chi connectivity index (χ3v) is 3.08. The fourth-order valence-corrected chi connectivity index (χ4v) is 2.09. The maximum Gasteiger partial charge on any atom is 0.102 e. The van der Waals surface area contributed by atoms with Crippen LogP contribution in [-0.4, -0.2) is 39.5 Å². The van der Waals surface area contributed by atoms with E-state index < -0.39 is 0 Å². The minimum Gasteiger partial charge on any atom is -0.399 e. The summed E-state index contributed by atoms with van der Waals surface area (Å²) in [6.07, 6.45) is 0.283. The summed E-state index contributed by atoms with van der Waals surface area (Å²) in [5, 5.41) is 0. The number of hydrogen-bond acceptors (Lipinski definition) is 4. The molecule has 1 aromatic rings. The van der Waals surface area contributed by atoms with Crippen LogP contribution in [0.3, 0.4) is 0 Å². The molecule has 2 N–H and O–H groups in total. The van der Waals surface area contributed by atoms with Gasteiger partial charge in [-0.3, -0.25) is 0 Å². The maximum absolute atomic E-state index is 5.66. The van der Waals surface area contributed by atoms with E-state index in [1.807, 2.05) is 24.3 Å². The highest BCUT2D eigenvalue weighted by Gasteiger charge is 2.32. The number of methoxy groups -OCH3 is 2. The molecule has 2 rings (SSSR count). The van der Waals surface area contributed by atoms with Crippen molar-refractivity contribution in [2.45, 2.75) is 12.2 Å². The minimum atomic E-state index is 0.141. The van der Waals surface area contributed by atoms with Crippen LogP contribution in [0, 0.1) is 0 Å². The Bertz CT molecular complexity index is 327. The van der Waals surface area contributed by atoms with E-state index in [9.17, 15) is 0 Å². The van der Waals surface area contributed by atoms with Gasteiger partial charge in [0.25, 0.3) is 0 Å². The van der Waals surface area contributed by atoms with Crippen LogP contribution in [0.2, 0.25) is 0 Å². The molecule has 2 atom stereocenters. The van der Waals surface area contributed by atoms with Crippen molar-refractivity contribution in [2.24, 2.45) is 0 Å². The molecule has 0 aliphatic carbocycles.